The average molecular weight is 411 g/mol. The van der Waals surface area contributed by atoms with Gasteiger partial charge in [-0.05, 0) is 32.4 Å². The highest BCUT2D eigenvalue weighted by Crippen LogP contribution is 2.29. The van der Waals surface area contributed by atoms with Crippen LogP contribution in [0.15, 0.2) is 24.3 Å². The number of benzene rings is 1. The number of hydrogen-bond acceptors (Lipinski definition) is 5. The van der Waals surface area contributed by atoms with Crippen LogP contribution in [-0.4, -0.2) is 35.9 Å². The Bertz CT molecular complexity index is 931. The molecule has 1 aromatic heterocycles. The van der Waals surface area contributed by atoms with Gasteiger partial charge >= 0.3 is 18.1 Å². The Morgan fingerprint density at radius 2 is 1.69 bits per heavy atom. The SMILES string of the molecule is CCOC(=O)c1c(C)[nH]c(C)c1C(=O)COC(=O)Cc1cccc(C(F)(F)F)c1. The summed E-state index contributed by atoms with van der Waals surface area (Å²) in [6.45, 7) is 4.30. The third-order valence-corrected chi connectivity index (χ3v) is 4.10. The van der Waals surface area contributed by atoms with Crippen molar-refractivity contribution in [3.05, 3.63) is 57.9 Å². The van der Waals surface area contributed by atoms with Crippen molar-refractivity contribution < 1.29 is 37.0 Å². The zero-order valence-corrected chi connectivity index (χ0v) is 16.1. The van der Waals surface area contributed by atoms with Gasteiger partial charge in [-0.3, -0.25) is 9.59 Å². The lowest BCUT2D eigenvalue weighted by Gasteiger charge is -2.09. The first-order chi connectivity index (χ1) is 13.5. The van der Waals surface area contributed by atoms with Gasteiger partial charge in [-0.1, -0.05) is 18.2 Å². The highest BCUT2D eigenvalue weighted by molar-refractivity contribution is 6.09. The number of aromatic nitrogens is 1. The quantitative estimate of drug-likeness (QED) is 0.553. The molecule has 9 heteroatoms. The molecule has 2 rings (SSSR count). The number of ether oxygens (including phenoxy) is 2. The van der Waals surface area contributed by atoms with Crippen LogP contribution in [0.25, 0.3) is 0 Å². The fourth-order valence-electron chi connectivity index (χ4n) is 2.88. The maximum absolute atomic E-state index is 12.7. The first-order valence-electron chi connectivity index (χ1n) is 8.75. The zero-order valence-electron chi connectivity index (χ0n) is 16.1. The maximum atomic E-state index is 12.7. The molecule has 0 saturated carbocycles. The van der Waals surface area contributed by atoms with E-state index >= 15 is 0 Å². The van der Waals surface area contributed by atoms with Crippen LogP contribution < -0.4 is 0 Å². The van der Waals surface area contributed by atoms with E-state index in [4.69, 9.17) is 9.47 Å². The molecule has 1 heterocycles. The second-order valence-corrected chi connectivity index (χ2v) is 6.30. The number of ketones is 1. The average Bonchev–Trinajstić information content (AvgIpc) is 2.93. The number of Topliss-reactive ketones (excluding diaryl/α,β-unsaturated/α-hetero) is 1. The standard InChI is InChI=1S/C20H20F3NO5/c1-4-28-19(27)18-12(3)24-11(2)17(18)15(25)10-29-16(26)9-13-6-5-7-14(8-13)20(21,22)23/h5-8,24H,4,9-10H2,1-3H3. The molecule has 0 saturated heterocycles. The van der Waals surface area contributed by atoms with Crippen molar-refractivity contribution in [3.8, 4) is 0 Å². The summed E-state index contributed by atoms with van der Waals surface area (Å²) in [5, 5.41) is 0. The van der Waals surface area contributed by atoms with Gasteiger partial charge in [-0.25, -0.2) is 4.79 Å². The van der Waals surface area contributed by atoms with Crippen molar-refractivity contribution in [3.63, 3.8) is 0 Å². The fraction of sp³-hybridized carbons (Fsp3) is 0.350. The largest absolute Gasteiger partial charge is 0.462 e. The number of rotatable bonds is 7. The molecule has 0 aliphatic rings. The Morgan fingerprint density at radius 3 is 2.31 bits per heavy atom. The van der Waals surface area contributed by atoms with Crippen LogP contribution in [-0.2, 0) is 26.9 Å². The van der Waals surface area contributed by atoms with Gasteiger partial charge in [0.2, 0.25) is 5.78 Å². The van der Waals surface area contributed by atoms with Crippen LogP contribution in [0, 0.1) is 13.8 Å². The Morgan fingerprint density at radius 1 is 1.03 bits per heavy atom. The molecule has 156 valence electrons. The molecule has 0 fully saturated rings. The summed E-state index contributed by atoms with van der Waals surface area (Å²) >= 11 is 0. The topological polar surface area (TPSA) is 85.5 Å². The molecule has 0 aliphatic heterocycles. The number of alkyl halides is 3. The Hall–Kier alpha value is -3.10. The summed E-state index contributed by atoms with van der Waals surface area (Å²) in [6.07, 6.45) is -4.95. The van der Waals surface area contributed by atoms with E-state index in [-0.39, 0.29) is 23.3 Å². The van der Waals surface area contributed by atoms with Crippen molar-refractivity contribution in [1.29, 1.82) is 0 Å². The highest BCUT2D eigenvalue weighted by Gasteiger charge is 2.30. The third-order valence-electron chi connectivity index (χ3n) is 4.10. The number of aryl methyl sites for hydroxylation is 2. The summed E-state index contributed by atoms with van der Waals surface area (Å²) in [5.74, 6) is -2.15. The van der Waals surface area contributed by atoms with E-state index in [1.165, 1.54) is 12.1 Å². The lowest BCUT2D eigenvalue weighted by atomic mass is 10.1. The Labute approximate surface area is 165 Å². The highest BCUT2D eigenvalue weighted by atomic mass is 19.4. The lowest BCUT2D eigenvalue weighted by molar-refractivity contribution is -0.142. The van der Waals surface area contributed by atoms with Gasteiger partial charge in [0.15, 0.2) is 6.61 Å². The summed E-state index contributed by atoms with van der Waals surface area (Å²) < 4.78 is 48.1. The van der Waals surface area contributed by atoms with Crippen LogP contribution in [0.2, 0.25) is 0 Å². The van der Waals surface area contributed by atoms with Crippen LogP contribution >= 0.6 is 0 Å². The summed E-state index contributed by atoms with van der Waals surface area (Å²) in [6, 6.07) is 4.29. The van der Waals surface area contributed by atoms with E-state index in [2.05, 4.69) is 4.98 Å². The Kier molecular flexibility index (Phi) is 6.84. The van der Waals surface area contributed by atoms with E-state index in [0.29, 0.717) is 11.4 Å². The van der Waals surface area contributed by atoms with E-state index in [1.807, 2.05) is 0 Å². The van der Waals surface area contributed by atoms with Crippen molar-refractivity contribution >= 4 is 17.7 Å². The first-order valence-corrected chi connectivity index (χ1v) is 8.75. The predicted molar refractivity (Wildman–Crippen MR) is 96.7 cm³/mol. The normalized spacial score (nSPS) is 11.2. The molecule has 0 atom stereocenters. The van der Waals surface area contributed by atoms with E-state index in [1.54, 1.807) is 20.8 Å². The molecule has 29 heavy (non-hydrogen) atoms. The molecule has 0 unspecified atom stereocenters. The zero-order chi connectivity index (χ0) is 21.8. The van der Waals surface area contributed by atoms with Crippen molar-refractivity contribution in [1.82, 2.24) is 4.98 Å². The number of nitrogens with one attached hydrogen (secondary N) is 1. The molecule has 0 radical (unpaired) electrons. The van der Waals surface area contributed by atoms with Gasteiger partial charge in [0, 0.05) is 11.4 Å². The van der Waals surface area contributed by atoms with Gasteiger partial charge < -0.3 is 14.5 Å². The molecule has 1 aromatic carbocycles. The molecule has 0 spiro atoms. The minimum atomic E-state index is -4.52. The molecule has 6 nitrogen and oxygen atoms in total. The van der Waals surface area contributed by atoms with Crippen molar-refractivity contribution in [2.75, 3.05) is 13.2 Å². The van der Waals surface area contributed by atoms with E-state index in [9.17, 15) is 27.6 Å². The second-order valence-electron chi connectivity index (χ2n) is 6.30. The summed E-state index contributed by atoms with van der Waals surface area (Å²) in [7, 11) is 0. The molecule has 0 aliphatic carbocycles. The number of aromatic amines is 1. The fourth-order valence-corrected chi connectivity index (χ4v) is 2.88. The maximum Gasteiger partial charge on any atom is 0.416 e. The molecular weight excluding hydrogens is 391 g/mol. The number of carbonyl (C=O) groups is 3. The number of carbonyl (C=O) groups excluding carboxylic acids is 3. The van der Waals surface area contributed by atoms with Gasteiger partial charge in [0.25, 0.3) is 0 Å². The minimum Gasteiger partial charge on any atom is -0.462 e. The molecule has 0 amide bonds. The van der Waals surface area contributed by atoms with Gasteiger partial charge in [0.1, 0.15) is 0 Å². The van der Waals surface area contributed by atoms with Crippen LogP contribution in [0.4, 0.5) is 13.2 Å². The summed E-state index contributed by atoms with van der Waals surface area (Å²) in [5.41, 5.74) is 0.231. The van der Waals surface area contributed by atoms with Gasteiger partial charge in [0.05, 0.1) is 29.7 Å². The molecular formula is C20H20F3NO5. The second kappa shape index (κ2) is 8.93. The Balaban J connectivity index is 2.07. The molecule has 0 bridgehead atoms. The number of halogens is 3. The molecule has 2 aromatic rings. The lowest BCUT2D eigenvalue weighted by Crippen LogP contribution is -2.19. The smallest absolute Gasteiger partial charge is 0.416 e. The number of H-pyrrole nitrogens is 1. The predicted octanol–water partition coefficient (Wildman–Crippen LogP) is 3.80. The third kappa shape index (κ3) is 5.46. The van der Waals surface area contributed by atoms with Crippen molar-refractivity contribution in [2.45, 2.75) is 33.4 Å². The van der Waals surface area contributed by atoms with Crippen LogP contribution in [0.5, 0.6) is 0 Å². The minimum absolute atomic E-state index is 0.0628. The number of esters is 2. The monoisotopic (exact) mass is 411 g/mol. The van der Waals surface area contributed by atoms with E-state index in [0.717, 1.165) is 12.1 Å². The van der Waals surface area contributed by atoms with Crippen molar-refractivity contribution in [2.24, 2.45) is 0 Å². The van der Waals surface area contributed by atoms with Crippen LogP contribution in [0.1, 0.15) is 50.2 Å². The molecule has 1 N–H and O–H groups in total. The van der Waals surface area contributed by atoms with Crippen LogP contribution in [0.3, 0.4) is 0 Å². The summed E-state index contributed by atoms with van der Waals surface area (Å²) in [4.78, 5) is 39.4. The van der Waals surface area contributed by atoms with Gasteiger partial charge in [-0.2, -0.15) is 13.2 Å². The van der Waals surface area contributed by atoms with Gasteiger partial charge in [-0.15, -0.1) is 0 Å². The first kappa shape index (κ1) is 22.2. The number of hydrogen-bond donors (Lipinski definition) is 1. The van der Waals surface area contributed by atoms with E-state index < -0.39 is 42.5 Å².